The van der Waals surface area contributed by atoms with E-state index in [0.29, 0.717) is 16.2 Å². The number of nitriles is 1. The SMILES string of the molecule is N#CC1=C(S)N[C@](O)(c2ccccc2)[C@H]([n+]2ccccc2)[C@@H]1c1ccccc1Br. The lowest BCUT2D eigenvalue weighted by molar-refractivity contribution is -0.743. The molecule has 0 spiro atoms. The Morgan fingerprint density at radius 3 is 2.28 bits per heavy atom. The molecule has 1 aliphatic heterocycles. The Bertz CT molecular complexity index is 1100. The van der Waals surface area contributed by atoms with Gasteiger partial charge in [0.15, 0.2) is 12.4 Å². The number of aliphatic hydroxyl groups is 1. The molecule has 0 saturated carbocycles. The summed E-state index contributed by atoms with van der Waals surface area (Å²) in [5, 5.41) is 25.5. The van der Waals surface area contributed by atoms with E-state index in [4.69, 9.17) is 0 Å². The Morgan fingerprint density at radius 1 is 1.00 bits per heavy atom. The molecule has 3 aromatic rings. The number of hydrogen-bond donors (Lipinski definition) is 3. The standard InChI is InChI=1S/C23H18BrN3OS/c24-19-12-6-5-11-17(19)20-18(15-25)22(29)26-23(28,16-9-3-1-4-10-16)21(20)27-13-7-2-8-14-27/h1-14,20-21,26,28H/p+1/t20-,21-,23+/m1/s1. The molecule has 0 aliphatic carbocycles. The fourth-order valence-corrected chi connectivity index (χ4v) is 4.85. The smallest absolute Gasteiger partial charge is 0.227 e. The molecule has 4 rings (SSSR count). The largest absolute Gasteiger partial charge is 0.362 e. The second-order valence-electron chi connectivity index (χ2n) is 6.90. The highest BCUT2D eigenvalue weighted by Gasteiger charge is 2.55. The monoisotopic (exact) mass is 464 g/mol. The fraction of sp³-hybridized carbons (Fsp3) is 0.130. The third-order valence-electron chi connectivity index (χ3n) is 5.25. The highest BCUT2D eigenvalue weighted by molar-refractivity contribution is 9.10. The van der Waals surface area contributed by atoms with Gasteiger partial charge in [0, 0.05) is 22.2 Å². The van der Waals surface area contributed by atoms with Crippen molar-refractivity contribution in [3.05, 3.63) is 111 Å². The first-order chi connectivity index (χ1) is 14.1. The fourth-order valence-electron chi connectivity index (χ4n) is 3.96. The molecular formula is C23H19BrN3OS+. The third kappa shape index (κ3) is 3.46. The zero-order valence-electron chi connectivity index (χ0n) is 15.4. The van der Waals surface area contributed by atoms with E-state index in [-0.39, 0.29) is 0 Å². The van der Waals surface area contributed by atoms with Gasteiger partial charge in [-0.25, -0.2) is 0 Å². The summed E-state index contributed by atoms with van der Waals surface area (Å²) in [5.41, 5.74) is 0.599. The molecule has 3 atom stereocenters. The maximum atomic E-state index is 12.0. The van der Waals surface area contributed by atoms with Gasteiger partial charge in [-0.1, -0.05) is 70.5 Å². The van der Waals surface area contributed by atoms with Crippen molar-refractivity contribution in [3.63, 3.8) is 0 Å². The first-order valence-corrected chi connectivity index (χ1v) is 10.4. The molecule has 0 fully saturated rings. The minimum absolute atomic E-state index is 0.368. The molecule has 0 saturated heterocycles. The summed E-state index contributed by atoms with van der Waals surface area (Å²) >= 11 is 8.19. The van der Waals surface area contributed by atoms with Crippen LogP contribution >= 0.6 is 28.6 Å². The molecule has 2 aromatic carbocycles. The van der Waals surface area contributed by atoms with E-state index in [1.54, 1.807) is 0 Å². The van der Waals surface area contributed by atoms with Crippen LogP contribution in [-0.2, 0) is 5.72 Å². The lowest BCUT2D eigenvalue weighted by Gasteiger charge is -2.42. The number of nitrogens with zero attached hydrogens (tertiary/aromatic N) is 2. The van der Waals surface area contributed by atoms with E-state index in [1.807, 2.05) is 89.8 Å². The van der Waals surface area contributed by atoms with Crippen LogP contribution in [0.4, 0.5) is 0 Å². The Balaban J connectivity index is 2.03. The zero-order chi connectivity index (χ0) is 20.4. The zero-order valence-corrected chi connectivity index (χ0v) is 17.9. The predicted octanol–water partition coefficient (Wildman–Crippen LogP) is 4.17. The summed E-state index contributed by atoms with van der Waals surface area (Å²) < 4.78 is 2.82. The quantitative estimate of drug-likeness (QED) is 0.402. The van der Waals surface area contributed by atoms with Gasteiger partial charge in [0.2, 0.25) is 11.8 Å². The van der Waals surface area contributed by atoms with Crippen molar-refractivity contribution in [2.75, 3.05) is 0 Å². The number of pyridine rings is 1. The average molecular weight is 465 g/mol. The van der Waals surface area contributed by atoms with Crippen LogP contribution < -0.4 is 9.88 Å². The van der Waals surface area contributed by atoms with Crippen LogP contribution in [0.1, 0.15) is 23.1 Å². The van der Waals surface area contributed by atoms with Crippen LogP contribution in [0.3, 0.4) is 0 Å². The van der Waals surface area contributed by atoms with Crippen LogP contribution in [-0.4, -0.2) is 5.11 Å². The first-order valence-electron chi connectivity index (χ1n) is 9.16. The van der Waals surface area contributed by atoms with Gasteiger partial charge in [0.05, 0.1) is 22.6 Å². The van der Waals surface area contributed by atoms with Gasteiger partial charge in [-0.2, -0.15) is 9.83 Å². The molecule has 2 N–H and O–H groups in total. The number of nitrogens with one attached hydrogen (secondary N) is 1. The summed E-state index contributed by atoms with van der Waals surface area (Å²) in [6.45, 7) is 0. The maximum Gasteiger partial charge on any atom is 0.227 e. The van der Waals surface area contributed by atoms with E-state index in [9.17, 15) is 10.4 Å². The van der Waals surface area contributed by atoms with E-state index in [2.05, 4.69) is 39.9 Å². The molecule has 0 unspecified atom stereocenters. The Morgan fingerprint density at radius 2 is 1.62 bits per heavy atom. The molecule has 29 heavy (non-hydrogen) atoms. The third-order valence-corrected chi connectivity index (χ3v) is 6.33. The summed E-state index contributed by atoms with van der Waals surface area (Å²) in [7, 11) is 0. The first kappa shape index (κ1) is 19.7. The van der Waals surface area contributed by atoms with Gasteiger partial charge in [-0.05, 0) is 11.6 Å². The van der Waals surface area contributed by atoms with Gasteiger partial charge in [0.1, 0.15) is 0 Å². The number of benzene rings is 2. The number of halogens is 1. The van der Waals surface area contributed by atoms with E-state index in [1.165, 1.54) is 0 Å². The van der Waals surface area contributed by atoms with Crippen molar-refractivity contribution in [1.82, 2.24) is 5.32 Å². The van der Waals surface area contributed by atoms with Crippen molar-refractivity contribution in [2.24, 2.45) is 0 Å². The normalized spacial score (nSPS) is 23.9. The average Bonchev–Trinajstić information content (AvgIpc) is 2.75. The van der Waals surface area contributed by atoms with Crippen molar-refractivity contribution < 1.29 is 9.67 Å². The van der Waals surface area contributed by atoms with Crippen LogP contribution in [0, 0.1) is 11.3 Å². The molecule has 6 heteroatoms. The van der Waals surface area contributed by atoms with Gasteiger partial charge >= 0.3 is 0 Å². The van der Waals surface area contributed by atoms with Crippen LogP contribution in [0.2, 0.25) is 0 Å². The number of allylic oxidation sites excluding steroid dienone is 1. The van der Waals surface area contributed by atoms with Crippen LogP contribution in [0.25, 0.3) is 0 Å². The highest BCUT2D eigenvalue weighted by Crippen LogP contribution is 2.48. The number of aromatic nitrogens is 1. The molecule has 1 aromatic heterocycles. The molecule has 144 valence electrons. The summed E-state index contributed by atoms with van der Waals surface area (Å²) in [6.07, 6.45) is 3.81. The second-order valence-corrected chi connectivity index (χ2v) is 8.20. The lowest BCUT2D eigenvalue weighted by atomic mass is 9.75. The van der Waals surface area contributed by atoms with Crippen LogP contribution in [0.15, 0.2) is 100 Å². The summed E-state index contributed by atoms with van der Waals surface area (Å²) in [4.78, 5) is 0. The lowest BCUT2D eigenvalue weighted by Crippen LogP contribution is -2.62. The number of thiol groups is 1. The number of rotatable bonds is 3. The number of hydrogen-bond acceptors (Lipinski definition) is 4. The Labute approximate surface area is 183 Å². The van der Waals surface area contributed by atoms with Gasteiger partial charge in [0.25, 0.3) is 0 Å². The van der Waals surface area contributed by atoms with Gasteiger partial charge in [-0.3, -0.25) is 0 Å². The van der Waals surface area contributed by atoms with E-state index < -0.39 is 17.7 Å². The van der Waals surface area contributed by atoms with E-state index in [0.717, 1.165) is 10.0 Å². The minimum Gasteiger partial charge on any atom is -0.362 e. The molecule has 4 nitrogen and oxygen atoms in total. The molecule has 0 amide bonds. The van der Waals surface area contributed by atoms with Crippen molar-refractivity contribution in [3.8, 4) is 6.07 Å². The molecule has 1 aliphatic rings. The van der Waals surface area contributed by atoms with E-state index >= 15 is 0 Å². The van der Waals surface area contributed by atoms with Crippen LogP contribution in [0.5, 0.6) is 0 Å². The van der Waals surface area contributed by atoms with Gasteiger partial charge in [-0.15, -0.1) is 12.6 Å². The summed E-state index contributed by atoms with van der Waals surface area (Å²) in [6, 6.07) is 24.7. The highest BCUT2D eigenvalue weighted by atomic mass is 79.9. The molecule has 0 bridgehead atoms. The molecular weight excluding hydrogens is 446 g/mol. The molecule has 2 heterocycles. The predicted molar refractivity (Wildman–Crippen MR) is 118 cm³/mol. The topological polar surface area (TPSA) is 59.9 Å². The Kier molecular flexibility index (Phi) is 5.46. The van der Waals surface area contributed by atoms with Gasteiger partial charge < -0.3 is 10.4 Å². The second kappa shape index (κ2) is 8.03. The van der Waals surface area contributed by atoms with Crippen molar-refractivity contribution >= 4 is 28.6 Å². The maximum absolute atomic E-state index is 12.0. The van der Waals surface area contributed by atoms with Crippen molar-refractivity contribution in [2.45, 2.75) is 17.7 Å². The minimum atomic E-state index is -1.48. The molecule has 0 radical (unpaired) electrons. The Hall–Kier alpha value is -2.59. The summed E-state index contributed by atoms with van der Waals surface area (Å²) in [5.74, 6) is -0.429. The van der Waals surface area contributed by atoms with Crippen molar-refractivity contribution in [1.29, 1.82) is 5.26 Å².